The highest BCUT2D eigenvalue weighted by atomic mass is 32.1. The van der Waals surface area contributed by atoms with Gasteiger partial charge < -0.3 is 19.3 Å². The molecule has 1 aromatic heterocycles. The molecule has 1 aromatic carbocycles. The van der Waals surface area contributed by atoms with E-state index in [1.54, 1.807) is 29.3 Å². The van der Waals surface area contributed by atoms with Gasteiger partial charge in [0.05, 0.1) is 30.2 Å². The van der Waals surface area contributed by atoms with E-state index >= 15 is 0 Å². The zero-order valence-electron chi connectivity index (χ0n) is 19.4. The summed E-state index contributed by atoms with van der Waals surface area (Å²) in [7, 11) is 3.63. The Balaban J connectivity index is 1.41. The van der Waals surface area contributed by atoms with Gasteiger partial charge in [-0.05, 0) is 69.6 Å². The number of nitrogens with zero attached hydrogens (tertiary/aromatic N) is 5. The minimum absolute atomic E-state index is 0.0536. The van der Waals surface area contributed by atoms with Gasteiger partial charge in [0.15, 0.2) is 5.11 Å². The predicted octanol–water partition coefficient (Wildman–Crippen LogP) is 3.50. The van der Waals surface area contributed by atoms with Gasteiger partial charge in [-0.1, -0.05) is 0 Å². The van der Waals surface area contributed by atoms with Gasteiger partial charge in [-0.3, -0.25) is 9.69 Å². The van der Waals surface area contributed by atoms with Crippen molar-refractivity contribution in [2.45, 2.75) is 43.7 Å². The van der Waals surface area contributed by atoms with Gasteiger partial charge in [-0.15, -0.1) is 0 Å². The van der Waals surface area contributed by atoms with Crippen molar-refractivity contribution in [3.63, 3.8) is 0 Å². The maximum Gasteiger partial charge on any atom is 0.259 e. The van der Waals surface area contributed by atoms with E-state index in [1.165, 1.54) is 7.11 Å². The highest BCUT2D eigenvalue weighted by molar-refractivity contribution is 7.81. The van der Waals surface area contributed by atoms with E-state index in [0.29, 0.717) is 28.0 Å². The molecule has 1 saturated carbocycles. The number of rotatable bonds is 5. The molecule has 5 rings (SSSR count). The van der Waals surface area contributed by atoms with E-state index in [9.17, 15) is 10.1 Å². The summed E-state index contributed by atoms with van der Waals surface area (Å²) in [5, 5.41) is 9.71. The van der Waals surface area contributed by atoms with Gasteiger partial charge in [0.25, 0.3) is 5.91 Å². The minimum Gasteiger partial charge on any atom is -0.495 e. The monoisotopic (exact) mass is 477 g/mol. The van der Waals surface area contributed by atoms with Crippen LogP contribution in [0.3, 0.4) is 0 Å². The number of carbonyl (C=O) groups is 1. The molecule has 2 saturated heterocycles. The lowest BCUT2D eigenvalue weighted by molar-refractivity contribution is -0.123. The van der Waals surface area contributed by atoms with Gasteiger partial charge in [0, 0.05) is 25.2 Å². The van der Waals surface area contributed by atoms with E-state index in [1.807, 2.05) is 17.0 Å². The Kier molecular flexibility index (Phi) is 5.88. The normalized spacial score (nSPS) is 20.4. The third-order valence-corrected chi connectivity index (χ3v) is 7.45. The van der Waals surface area contributed by atoms with Crippen LogP contribution in [0.5, 0.6) is 11.6 Å². The number of thiocarbonyl (C=S) groups is 1. The van der Waals surface area contributed by atoms with Crippen LogP contribution in [0.25, 0.3) is 0 Å². The molecule has 1 aliphatic carbocycles. The van der Waals surface area contributed by atoms with Crippen LogP contribution in [0.1, 0.15) is 37.7 Å². The third kappa shape index (κ3) is 3.67. The fourth-order valence-electron chi connectivity index (χ4n) is 4.97. The zero-order valence-corrected chi connectivity index (χ0v) is 20.2. The molecular formula is C25H27N5O3S. The number of methoxy groups -OCH3 is 1. The molecule has 0 unspecified atom stereocenters. The predicted molar refractivity (Wildman–Crippen MR) is 132 cm³/mol. The highest BCUT2D eigenvalue weighted by Gasteiger charge is 2.59. The molecule has 0 N–H and O–H groups in total. The van der Waals surface area contributed by atoms with Gasteiger partial charge in [0.1, 0.15) is 23.5 Å². The Morgan fingerprint density at radius 2 is 1.91 bits per heavy atom. The van der Waals surface area contributed by atoms with Crippen molar-refractivity contribution in [3.05, 3.63) is 42.1 Å². The average Bonchev–Trinajstić information content (AvgIpc) is 3.07. The summed E-state index contributed by atoms with van der Waals surface area (Å²) in [6.45, 7) is 2.04. The van der Waals surface area contributed by atoms with Gasteiger partial charge >= 0.3 is 0 Å². The Bertz CT molecular complexity index is 1150. The number of hydrogen-bond donors (Lipinski definition) is 0. The van der Waals surface area contributed by atoms with Crippen LogP contribution < -0.4 is 19.3 Å². The smallest absolute Gasteiger partial charge is 0.259 e. The molecular weight excluding hydrogens is 450 g/mol. The van der Waals surface area contributed by atoms with E-state index < -0.39 is 5.54 Å². The molecule has 0 atom stereocenters. The van der Waals surface area contributed by atoms with E-state index in [2.05, 4.69) is 23.0 Å². The summed E-state index contributed by atoms with van der Waals surface area (Å²) < 4.78 is 11.4. The number of pyridine rings is 1. The average molecular weight is 478 g/mol. The molecule has 34 heavy (non-hydrogen) atoms. The largest absolute Gasteiger partial charge is 0.495 e. The summed E-state index contributed by atoms with van der Waals surface area (Å²) in [6, 6.07) is 11.0. The van der Waals surface area contributed by atoms with Crippen LogP contribution in [-0.4, -0.2) is 59.8 Å². The van der Waals surface area contributed by atoms with E-state index in [-0.39, 0.29) is 12.0 Å². The molecule has 1 spiro atoms. The molecule has 3 fully saturated rings. The number of piperidine rings is 1. The summed E-state index contributed by atoms with van der Waals surface area (Å²) in [6.07, 6.45) is 6.29. The van der Waals surface area contributed by atoms with Crippen molar-refractivity contribution in [1.82, 2.24) is 9.88 Å². The summed E-state index contributed by atoms with van der Waals surface area (Å²) in [4.78, 5) is 24.0. The Morgan fingerprint density at radius 3 is 2.50 bits per heavy atom. The topological polar surface area (TPSA) is 81.9 Å². The second-order valence-corrected chi connectivity index (χ2v) is 9.48. The molecule has 0 radical (unpaired) electrons. The molecule has 8 nitrogen and oxygen atoms in total. The maximum atomic E-state index is 13.7. The van der Waals surface area contributed by atoms with Gasteiger partial charge in [0.2, 0.25) is 5.88 Å². The summed E-state index contributed by atoms with van der Waals surface area (Å²) in [5.74, 6) is 0.946. The number of hydrogen-bond acceptors (Lipinski definition) is 7. The summed E-state index contributed by atoms with van der Waals surface area (Å²) >= 11 is 5.83. The quantitative estimate of drug-likeness (QED) is 0.606. The lowest BCUT2D eigenvalue weighted by Crippen LogP contribution is -2.55. The molecule has 176 valence electrons. The lowest BCUT2D eigenvalue weighted by atomic mass is 9.75. The number of likely N-dealkylation sites (tertiary alicyclic amines) is 1. The third-order valence-electron chi connectivity index (χ3n) is 7.09. The van der Waals surface area contributed by atoms with Crippen molar-refractivity contribution in [3.8, 4) is 17.7 Å². The van der Waals surface area contributed by atoms with Gasteiger partial charge in [-0.25, -0.2) is 4.98 Å². The number of benzene rings is 1. The van der Waals surface area contributed by atoms with Crippen molar-refractivity contribution < 1.29 is 14.3 Å². The number of carbonyl (C=O) groups excluding carboxylic acids is 1. The number of anilines is 2. The van der Waals surface area contributed by atoms with Crippen LogP contribution in [0.2, 0.25) is 0 Å². The molecule has 2 aliphatic heterocycles. The van der Waals surface area contributed by atoms with Crippen molar-refractivity contribution in [2.24, 2.45) is 0 Å². The SMILES string of the molecule is COc1cc(N2C(=O)C3(CCC3)N(c3ccc(OC4CCN(C)CC4)nc3)C2=S)ccc1C#N. The van der Waals surface area contributed by atoms with Crippen molar-refractivity contribution >= 4 is 34.6 Å². The van der Waals surface area contributed by atoms with Crippen LogP contribution in [-0.2, 0) is 4.79 Å². The first-order chi connectivity index (χ1) is 16.5. The second kappa shape index (κ2) is 8.85. The van der Waals surface area contributed by atoms with Crippen LogP contribution in [0.15, 0.2) is 36.5 Å². The molecule has 3 heterocycles. The number of aromatic nitrogens is 1. The first kappa shape index (κ1) is 22.6. The fourth-order valence-corrected chi connectivity index (χ4v) is 5.44. The number of ether oxygens (including phenoxy) is 2. The maximum absolute atomic E-state index is 13.7. The lowest BCUT2D eigenvalue weighted by Gasteiger charge is -2.42. The highest BCUT2D eigenvalue weighted by Crippen LogP contribution is 2.48. The fraction of sp³-hybridized carbons (Fsp3) is 0.440. The van der Waals surface area contributed by atoms with Crippen molar-refractivity contribution in [2.75, 3.05) is 37.0 Å². The first-order valence-corrected chi connectivity index (χ1v) is 12.0. The molecule has 9 heteroatoms. The molecule has 0 bridgehead atoms. The standard InChI is InChI=1S/C25H27N5O3S/c1-28-12-8-20(9-13-28)33-22-7-6-19(16-27-22)30-24(34)29(23(31)25(30)10-3-11-25)18-5-4-17(15-26)21(14-18)32-2/h4-7,14,16,20H,3,8-13H2,1-2H3. The summed E-state index contributed by atoms with van der Waals surface area (Å²) in [5.41, 5.74) is 1.08. The Hall–Kier alpha value is -3.22. The van der Waals surface area contributed by atoms with Crippen LogP contribution in [0.4, 0.5) is 11.4 Å². The van der Waals surface area contributed by atoms with E-state index in [0.717, 1.165) is 50.9 Å². The first-order valence-electron chi connectivity index (χ1n) is 11.5. The van der Waals surface area contributed by atoms with Crippen LogP contribution >= 0.6 is 12.2 Å². The Labute approximate surface area is 204 Å². The second-order valence-electron chi connectivity index (χ2n) is 9.12. The minimum atomic E-state index is -0.698. The van der Waals surface area contributed by atoms with Gasteiger partial charge in [-0.2, -0.15) is 5.26 Å². The Morgan fingerprint density at radius 1 is 1.18 bits per heavy atom. The number of nitriles is 1. The molecule has 3 aliphatic rings. The van der Waals surface area contributed by atoms with Crippen LogP contribution in [0, 0.1) is 11.3 Å². The molecule has 2 aromatic rings. The van der Waals surface area contributed by atoms with Crippen molar-refractivity contribution in [1.29, 1.82) is 5.26 Å². The number of amides is 1. The molecule has 1 amide bonds. The zero-order chi connectivity index (χ0) is 23.9. The van der Waals surface area contributed by atoms with E-state index in [4.69, 9.17) is 21.7 Å².